The first-order chi connectivity index (χ1) is 11.1. The highest BCUT2D eigenvalue weighted by molar-refractivity contribution is 7.09. The summed E-state index contributed by atoms with van der Waals surface area (Å²) in [5.74, 6) is -0.0136. The first kappa shape index (κ1) is 16.9. The second-order valence-corrected chi connectivity index (χ2v) is 5.43. The van der Waals surface area contributed by atoms with Crippen molar-refractivity contribution in [3.05, 3.63) is 40.3 Å². The smallest absolute Gasteiger partial charge is 0.308 e. The Hall–Kier alpha value is -2.45. The number of carbonyl (C=O) groups is 2. The molecule has 0 unspecified atom stereocenters. The van der Waals surface area contributed by atoms with Gasteiger partial charge in [0.1, 0.15) is 16.5 Å². The molecule has 122 valence electrons. The average molecular weight is 335 g/mol. The van der Waals surface area contributed by atoms with E-state index in [1.54, 1.807) is 29.6 Å². The normalized spacial score (nSPS) is 10.2. The van der Waals surface area contributed by atoms with Crippen LogP contribution in [0.4, 0.5) is 5.69 Å². The maximum absolute atomic E-state index is 12.0. The Kier molecular flexibility index (Phi) is 6.07. The Balaban J connectivity index is 1.86. The van der Waals surface area contributed by atoms with E-state index in [2.05, 4.69) is 15.0 Å². The number of carbonyl (C=O) groups excluding carboxylic acids is 2. The minimum atomic E-state index is -0.325. The summed E-state index contributed by atoms with van der Waals surface area (Å²) in [6.45, 7) is 0.550. The SMILES string of the molecule is COC(=O)CCOc1ccc(NC(=O)c2csc(CN)n2)cc1. The molecule has 0 aliphatic heterocycles. The molecule has 7 nitrogen and oxygen atoms in total. The lowest BCUT2D eigenvalue weighted by Crippen LogP contribution is -2.12. The third-order valence-corrected chi connectivity index (χ3v) is 3.74. The predicted molar refractivity (Wildman–Crippen MR) is 86.5 cm³/mol. The van der Waals surface area contributed by atoms with Gasteiger partial charge in [-0.2, -0.15) is 0 Å². The van der Waals surface area contributed by atoms with E-state index in [4.69, 9.17) is 10.5 Å². The molecule has 2 rings (SSSR count). The van der Waals surface area contributed by atoms with Gasteiger partial charge in [0.05, 0.1) is 20.1 Å². The van der Waals surface area contributed by atoms with Gasteiger partial charge in [-0.3, -0.25) is 9.59 Å². The van der Waals surface area contributed by atoms with E-state index in [0.29, 0.717) is 28.7 Å². The largest absolute Gasteiger partial charge is 0.493 e. The highest BCUT2D eigenvalue weighted by Crippen LogP contribution is 2.17. The molecule has 0 bridgehead atoms. The molecule has 0 atom stereocenters. The minimum Gasteiger partial charge on any atom is -0.493 e. The topological polar surface area (TPSA) is 104 Å². The highest BCUT2D eigenvalue weighted by Gasteiger charge is 2.10. The average Bonchev–Trinajstić information content (AvgIpc) is 3.05. The van der Waals surface area contributed by atoms with Gasteiger partial charge in [-0.1, -0.05) is 0 Å². The van der Waals surface area contributed by atoms with Crippen LogP contribution >= 0.6 is 11.3 Å². The number of esters is 1. The molecule has 0 saturated carbocycles. The standard InChI is InChI=1S/C15H17N3O4S/c1-21-14(19)6-7-22-11-4-2-10(3-5-11)17-15(20)12-9-23-13(8-16)18-12/h2-5,9H,6-8,16H2,1H3,(H,17,20). The van der Waals surface area contributed by atoms with Crippen molar-refractivity contribution in [1.82, 2.24) is 4.98 Å². The lowest BCUT2D eigenvalue weighted by atomic mass is 10.3. The fourth-order valence-electron chi connectivity index (χ4n) is 1.69. The molecule has 0 fully saturated rings. The van der Waals surface area contributed by atoms with Crippen LogP contribution in [0.15, 0.2) is 29.6 Å². The van der Waals surface area contributed by atoms with Gasteiger partial charge in [-0.15, -0.1) is 11.3 Å². The van der Waals surface area contributed by atoms with E-state index >= 15 is 0 Å². The molecule has 23 heavy (non-hydrogen) atoms. The van der Waals surface area contributed by atoms with Crippen LogP contribution < -0.4 is 15.8 Å². The predicted octanol–water partition coefficient (Wildman–Crippen LogP) is 1.80. The van der Waals surface area contributed by atoms with Crippen LogP contribution in [0.25, 0.3) is 0 Å². The van der Waals surface area contributed by atoms with Crippen molar-refractivity contribution in [2.75, 3.05) is 19.0 Å². The van der Waals surface area contributed by atoms with Crippen molar-refractivity contribution in [1.29, 1.82) is 0 Å². The molecule has 1 aromatic carbocycles. The maximum Gasteiger partial charge on any atom is 0.308 e. The number of benzene rings is 1. The summed E-state index contributed by atoms with van der Waals surface area (Å²) in [4.78, 5) is 27.1. The van der Waals surface area contributed by atoms with Crippen molar-refractivity contribution in [3.8, 4) is 5.75 Å². The van der Waals surface area contributed by atoms with Crippen molar-refractivity contribution in [2.24, 2.45) is 5.73 Å². The Morgan fingerprint density at radius 1 is 1.30 bits per heavy atom. The summed E-state index contributed by atoms with van der Waals surface area (Å²) < 4.78 is 9.93. The summed E-state index contributed by atoms with van der Waals surface area (Å²) in [6.07, 6.45) is 0.183. The van der Waals surface area contributed by atoms with Crippen molar-refractivity contribution in [2.45, 2.75) is 13.0 Å². The van der Waals surface area contributed by atoms with Gasteiger partial charge in [0.15, 0.2) is 0 Å². The molecule has 1 amide bonds. The summed E-state index contributed by atoms with van der Waals surface area (Å²) in [5, 5.41) is 5.12. The molecule has 0 radical (unpaired) electrons. The van der Waals surface area contributed by atoms with Crippen molar-refractivity contribution >= 4 is 28.9 Å². The third-order valence-electron chi connectivity index (χ3n) is 2.87. The molecule has 0 spiro atoms. The summed E-state index contributed by atoms with van der Waals surface area (Å²) in [7, 11) is 1.33. The van der Waals surface area contributed by atoms with Crippen LogP contribution in [0.3, 0.4) is 0 Å². The van der Waals surface area contributed by atoms with Crippen LogP contribution in [-0.2, 0) is 16.1 Å². The van der Waals surface area contributed by atoms with Gasteiger partial charge in [0, 0.05) is 17.6 Å². The fraction of sp³-hybridized carbons (Fsp3) is 0.267. The summed E-state index contributed by atoms with van der Waals surface area (Å²) in [6, 6.07) is 6.83. The lowest BCUT2D eigenvalue weighted by molar-refractivity contribution is -0.141. The molecular weight excluding hydrogens is 318 g/mol. The second kappa shape index (κ2) is 8.25. The Morgan fingerprint density at radius 3 is 2.65 bits per heavy atom. The third kappa shape index (κ3) is 5.04. The number of anilines is 1. The number of ether oxygens (including phenoxy) is 2. The molecule has 0 aliphatic carbocycles. The van der Waals surface area contributed by atoms with Crippen molar-refractivity contribution < 1.29 is 19.1 Å². The number of thiazole rings is 1. The fourth-order valence-corrected chi connectivity index (χ4v) is 2.35. The van der Waals surface area contributed by atoms with Gasteiger partial charge < -0.3 is 20.5 Å². The number of nitrogens with zero attached hydrogens (tertiary/aromatic N) is 1. The molecule has 3 N–H and O–H groups in total. The van der Waals surface area contributed by atoms with Gasteiger partial charge in [0.25, 0.3) is 5.91 Å². The number of hydrogen-bond donors (Lipinski definition) is 2. The zero-order valence-corrected chi connectivity index (χ0v) is 13.4. The molecule has 1 heterocycles. The van der Waals surface area contributed by atoms with E-state index < -0.39 is 0 Å². The van der Waals surface area contributed by atoms with Crippen molar-refractivity contribution in [3.63, 3.8) is 0 Å². The zero-order chi connectivity index (χ0) is 16.7. The van der Waals surface area contributed by atoms with Crippen LogP contribution in [0.1, 0.15) is 21.9 Å². The maximum atomic E-state index is 12.0. The van der Waals surface area contributed by atoms with Gasteiger partial charge in [-0.25, -0.2) is 4.98 Å². The van der Waals surface area contributed by atoms with Crippen LogP contribution in [0, 0.1) is 0 Å². The minimum absolute atomic E-state index is 0.183. The van der Waals surface area contributed by atoms with Crippen LogP contribution in [0.5, 0.6) is 5.75 Å². The summed E-state index contributed by atoms with van der Waals surface area (Å²) in [5.41, 5.74) is 6.44. The Morgan fingerprint density at radius 2 is 2.04 bits per heavy atom. The second-order valence-electron chi connectivity index (χ2n) is 4.48. The molecular formula is C15H17N3O4S. The van der Waals surface area contributed by atoms with E-state index in [9.17, 15) is 9.59 Å². The number of aromatic nitrogens is 1. The number of rotatable bonds is 7. The monoisotopic (exact) mass is 335 g/mol. The molecule has 8 heteroatoms. The molecule has 2 aromatic rings. The quantitative estimate of drug-likeness (QED) is 0.748. The Bertz CT molecular complexity index is 670. The zero-order valence-electron chi connectivity index (χ0n) is 12.6. The van der Waals surface area contributed by atoms with E-state index in [-0.39, 0.29) is 24.9 Å². The number of methoxy groups -OCH3 is 1. The Labute approximate surface area is 137 Å². The number of amides is 1. The van der Waals surface area contributed by atoms with Crippen LogP contribution in [-0.4, -0.2) is 30.6 Å². The van der Waals surface area contributed by atoms with Gasteiger partial charge in [-0.05, 0) is 24.3 Å². The molecule has 1 aromatic heterocycles. The lowest BCUT2D eigenvalue weighted by Gasteiger charge is -2.07. The number of nitrogens with one attached hydrogen (secondary N) is 1. The molecule has 0 saturated heterocycles. The first-order valence-electron chi connectivity index (χ1n) is 6.88. The number of hydrogen-bond acceptors (Lipinski definition) is 7. The molecule has 0 aliphatic rings. The van der Waals surface area contributed by atoms with Gasteiger partial charge in [0.2, 0.25) is 0 Å². The van der Waals surface area contributed by atoms with E-state index in [1.807, 2.05) is 0 Å². The highest BCUT2D eigenvalue weighted by atomic mass is 32.1. The number of nitrogens with two attached hydrogens (primary N) is 1. The van der Waals surface area contributed by atoms with E-state index in [0.717, 1.165) is 0 Å². The summed E-state index contributed by atoms with van der Waals surface area (Å²) >= 11 is 1.35. The van der Waals surface area contributed by atoms with Gasteiger partial charge >= 0.3 is 5.97 Å². The van der Waals surface area contributed by atoms with Crippen LogP contribution in [0.2, 0.25) is 0 Å². The first-order valence-corrected chi connectivity index (χ1v) is 7.76. The van der Waals surface area contributed by atoms with E-state index in [1.165, 1.54) is 18.4 Å².